The molecule has 18 heavy (non-hydrogen) atoms. The van der Waals surface area contributed by atoms with E-state index in [0.29, 0.717) is 0 Å². The Morgan fingerprint density at radius 2 is 1.56 bits per heavy atom. The SMILES string of the molecule is CCc1ccccc1Oc1c(C)cc(C)cc1C. The molecule has 2 aromatic rings. The first-order valence-corrected chi connectivity index (χ1v) is 6.45. The number of hydrogen-bond donors (Lipinski definition) is 0. The first-order chi connectivity index (χ1) is 8.61. The maximum atomic E-state index is 6.12. The van der Waals surface area contributed by atoms with E-state index in [1.54, 1.807) is 0 Å². The third kappa shape index (κ3) is 2.56. The first-order valence-electron chi connectivity index (χ1n) is 6.45. The molecular weight excluding hydrogens is 220 g/mol. The van der Waals surface area contributed by atoms with Gasteiger partial charge in [-0.1, -0.05) is 42.8 Å². The van der Waals surface area contributed by atoms with Gasteiger partial charge in [-0.25, -0.2) is 0 Å². The van der Waals surface area contributed by atoms with Crippen LogP contribution in [0.2, 0.25) is 0 Å². The summed E-state index contributed by atoms with van der Waals surface area (Å²) in [5.41, 5.74) is 4.91. The van der Waals surface area contributed by atoms with Gasteiger partial charge in [0, 0.05) is 0 Å². The Balaban J connectivity index is 2.40. The molecular formula is C17H20O. The Bertz CT molecular complexity index is 532. The van der Waals surface area contributed by atoms with Crippen LogP contribution < -0.4 is 4.74 Å². The standard InChI is InChI=1S/C17H20O/c1-5-15-8-6-7-9-16(15)18-17-13(3)10-12(2)11-14(17)4/h6-11H,5H2,1-4H3. The van der Waals surface area contributed by atoms with Crippen LogP contribution in [-0.2, 0) is 6.42 Å². The summed E-state index contributed by atoms with van der Waals surface area (Å²) >= 11 is 0. The molecule has 2 aromatic carbocycles. The van der Waals surface area contributed by atoms with Gasteiger partial charge >= 0.3 is 0 Å². The smallest absolute Gasteiger partial charge is 0.133 e. The first kappa shape index (κ1) is 12.7. The molecule has 94 valence electrons. The fourth-order valence-corrected chi connectivity index (χ4v) is 2.33. The summed E-state index contributed by atoms with van der Waals surface area (Å²) in [6, 6.07) is 12.6. The Morgan fingerprint density at radius 1 is 0.944 bits per heavy atom. The molecule has 0 saturated heterocycles. The lowest BCUT2D eigenvalue weighted by Crippen LogP contribution is -1.95. The molecule has 0 spiro atoms. The van der Waals surface area contributed by atoms with Crippen molar-refractivity contribution >= 4 is 0 Å². The monoisotopic (exact) mass is 240 g/mol. The summed E-state index contributed by atoms with van der Waals surface area (Å²) in [6.07, 6.45) is 0.986. The number of hydrogen-bond acceptors (Lipinski definition) is 1. The van der Waals surface area contributed by atoms with Crippen LogP contribution in [0, 0.1) is 20.8 Å². The van der Waals surface area contributed by atoms with E-state index < -0.39 is 0 Å². The Kier molecular flexibility index (Phi) is 3.71. The van der Waals surface area contributed by atoms with E-state index in [1.807, 2.05) is 12.1 Å². The number of para-hydroxylation sites is 1. The quantitative estimate of drug-likeness (QED) is 0.736. The molecule has 0 heterocycles. The Morgan fingerprint density at radius 3 is 2.17 bits per heavy atom. The lowest BCUT2D eigenvalue weighted by atomic mass is 10.1. The fourth-order valence-electron chi connectivity index (χ4n) is 2.33. The van der Waals surface area contributed by atoms with E-state index in [0.717, 1.165) is 17.9 Å². The number of benzene rings is 2. The van der Waals surface area contributed by atoms with Crippen molar-refractivity contribution in [1.29, 1.82) is 0 Å². The molecule has 0 amide bonds. The van der Waals surface area contributed by atoms with E-state index >= 15 is 0 Å². The molecule has 1 nitrogen and oxygen atoms in total. The van der Waals surface area contributed by atoms with Crippen molar-refractivity contribution in [2.75, 3.05) is 0 Å². The van der Waals surface area contributed by atoms with Crippen molar-refractivity contribution in [1.82, 2.24) is 0 Å². The van der Waals surface area contributed by atoms with E-state index in [1.165, 1.54) is 22.3 Å². The predicted molar refractivity (Wildman–Crippen MR) is 76.5 cm³/mol. The van der Waals surface area contributed by atoms with Crippen LogP contribution in [-0.4, -0.2) is 0 Å². The second-order valence-electron chi connectivity index (χ2n) is 4.79. The zero-order valence-corrected chi connectivity index (χ0v) is 11.6. The van der Waals surface area contributed by atoms with Gasteiger partial charge in [0.15, 0.2) is 0 Å². The third-order valence-electron chi connectivity index (χ3n) is 3.17. The van der Waals surface area contributed by atoms with Crippen LogP contribution in [0.25, 0.3) is 0 Å². The highest BCUT2D eigenvalue weighted by Crippen LogP contribution is 2.31. The van der Waals surface area contributed by atoms with Crippen molar-refractivity contribution in [2.24, 2.45) is 0 Å². The van der Waals surface area contributed by atoms with Gasteiger partial charge in [-0.15, -0.1) is 0 Å². The minimum Gasteiger partial charge on any atom is -0.457 e. The molecule has 1 heteroatoms. The second kappa shape index (κ2) is 5.26. The molecule has 0 aliphatic heterocycles. The molecule has 0 N–H and O–H groups in total. The van der Waals surface area contributed by atoms with Gasteiger partial charge in [0.05, 0.1) is 0 Å². The molecule has 0 unspecified atom stereocenters. The number of rotatable bonds is 3. The summed E-state index contributed by atoms with van der Waals surface area (Å²) in [7, 11) is 0. The summed E-state index contributed by atoms with van der Waals surface area (Å²) in [5, 5.41) is 0. The second-order valence-corrected chi connectivity index (χ2v) is 4.79. The van der Waals surface area contributed by atoms with Crippen LogP contribution in [0.5, 0.6) is 11.5 Å². The van der Waals surface area contributed by atoms with Crippen LogP contribution in [0.15, 0.2) is 36.4 Å². The number of ether oxygens (including phenoxy) is 1. The van der Waals surface area contributed by atoms with Crippen LogP contribution in [0.1, 0.15) is 29.2 Å². The lowest BCUT2D eigenvalue weighted by molar-refractivity contribution is 0.469. The molecule has 0 aliphatic rings. The summed E-state index contributed by atoms with van der Waals surface area (Å²) in [5.74, 6) is 1.96. The Hall–Kier alpha value is -1.76. The van der Waals surface area contributed by atoms with Crippen molar-refractivity contribution in [3.63, 3.8) is 0 Å². The molecule has 0 bridgehead atoms. The largest absolute Gasteiger partial charge is 0.457 e. The molecule has 0 saturated carbocycles. The summed E-state index contributed by atoms with van der Waals surface area (Å²) in [4.78, 5) is 0. The van der Waals surface area contributed by atoms with Crippen LogP contribution in [0.3, 0.4) is 0 Å². The average molecular weight is 240 g/mol. The molecule has 2 rings (SSSR count). The minimum atomic E-state index is 0.968. The van der Waals surface area contributed by atoms with Crippen LogP contribution >= 0.6 is 0 Å². The molecule has 0 atom stereocenters. The maximum Gasteiger partial charge on any atom is 0.133 e. The van der Waals surface area contributed by atoms with Gasteiger partial charge in [0.2, 0.25) is 0 Å². The maximum absolute atomic E-state index is 6.12. The fraction of sp³-hybridized carbons (Fsp3) is 0.294. The number of aryl methyl sites for hydroxylation is 4. The van der Waals surface area contributed by atoms with Gasteiger partial charge in [-0.3, -0.25) is 0 Å². The molecule has 0 aliphatic carbocycles. The highest BCUT2D eigenvalue weighted by molar-refractivity contribution is 5.47. The van der Waals surface area contributed by atoms with Gasteiger partial charge in [-0.05, 0) is 49.9 Å². The lowest BCUT2D eigenvalue weighted by Gasteiger charge is -2.15. The third-order valence-corrected chi connectivity index (χ3v) is 3.17. The van der Waals surface area contributed by atoms with Crippen molar-refractivity contribution < 1.29 is 4.74 Å². The molecule has 0 fully saturated rings. The van der Waals surface area contributed by atoms with Crippen molar-refractivity contribution in [3.05, 3.63) is 58.7 Å². The molecule has 0 radical (unpaired) electrons. The van der Waals surface area contributed by atoms with E-state index in [9.17, 15) is 0 Å². The minimum absolute atomic E-state index is 0.968. The zero-order valence-electron chi connectivity index (χ0n) is 11.6. The molecule has 0 aromatic heterocycles. The average Bonchev–Trinajstić information content (AvgIpc) is 2.34. The van der Waals surface area contributed by atoms with Crippen LogP contribution in [0.4, 0.5) is 0 Å². The van der Waals surface area contributed by atoms with Gasteiger partial charge in [0.1, 0.15) is 11.5 Å². The van der Waals surface area contributed by atoms with Crippen molar-refractivity contribution in [3.8, 4) is 11.5 Å². The Labute approximate surface area is 109 Å². The predicted octanol–water partition coefficient (Wildman–Crippen LogP) is 4.97. The highest BCUT2D eigenvalue weighted by atomic mass is 16.5. The normalized spacial score (nSPS) is 10.4. The zero-order chi connectivity index (χ0) is 13.1. The van der Waals surface area contributed by atoms with Gasteiger partial charge < -0.3 is 4.74 Å². The topological polar surface area (TPSA) is 9.23 Å². The van der Waals surface area contributed by atoms with Gasteiger partial charge in [-0.2, -0.15) is 0 Å². The van der Waals surface area contributed by atoms with Gasteiger partial charge in [0.25, 0.3) is 0 Å². The van der Waals surface area contributed by atoms with E-state index in [2.05, 4.69) is 52.0 Å². The summed E-state index contributed by atoms with van der Waals surface area (Å²) in [6.45, 7) is 8.47. The highest BCUT2D eigenvalue weighted by Gasteiger charge is 2.08. The summed E-state index contributed by atoms with van der Waals surface area (Å²) < 4.78 is 6.12. The van der Waals surface area contributed by atoms with E-state index in [-0.39, 0.29) is 0 Å². The van der Waals surface area contributed by atoms with Crippen molar-refractivity contribution in [2.45, 2.75) is 34.1 Å². The van der Waals surface area contributed by atoms with E-state index in [4.69, 9.17) is 4.74 Å².